The highest BCUT2D eigenvalue weighted by atomic mass is 19.4. The van der Waals surface area contributed by atoms with Crippen LogP contribution in [-0.4, -0.2) is 48.9 Å². The van der Waals surface area contributed by atoms with E-state index in [2.05, 4.69) is 15.2 Å². The minimum Gasteiger partial charge on any atom is -0.369 e. The van der Waals surface area contributed by atoms with E-state index in [-0.39, 0.29) is 49.1 Å². The molecule has 214 valence electrons. The molecule has 2 aliphatic rings. The van der Waals surface area contributed by atoms with E-state index in [4.69, 9.17) is 5.73 Å². The first-order chi connectivity index (χ1) is 20.1. The van der Waals surface area contributed by atoms with Gasteiger partial charge in [0.05, 0.1) is 13.1 Å². The number of guanidine groups is 1. The van der Waals surface area contributed by atoms with Crippen LogP contribution in [-0.2, 0) is 36.1 Å². The smallest absolute Gasteiger partial charge is 0.369 e. The molecule has 0 saturated heterocycles. The van der Waals surface area contributed by atoms with Crippen molar-refractivity contribution in [3.8, 4) is 0 Å². The molecule has 0 saturated carbocycles. The molecular weight excluding hydrogens is 554 g/mol. The molecule has 6 rings (SSSR count). The Balaban J connectivity index is 1.27. The Hall–Kier alpha value is -5.07. The Morgan fingerprint density at radius 3 is 2.19 bits per heavy atom. The molecule has 0 fully saturated rings. The molecule has 0 radical (unpaired) electrons. The normalized spacial score (nSPS) is 16.4. The predicted molar refractivity (Wildman–Crippen MR) is 142 cm³/mol. The third-order valence-corrected chi connectivity index (χ3v) is 7.34. The number of aromatic nitrogens is 3. The molecule has 2 amide bonds. The fourth-order valence-corrected chi connectivity index (χ4v) is 5.40. The van der Waals surface area contributed by atoms with Crippen LogP contribution in [0.15, 0.2) is 83.9 Å². The van der Waals surface area contributed by atoms with Gasteiger partial charge < -0.3 is 15.2 Å². The molecule has 4 aromatic rings. The first-order valence-corrected chi connectivity index (χ1v) is 12.9. The highest BCUT2D eigenvalue weighted by Crippen LogP contribution is 2.40. The Morgan fingerprint density at radius 2 is 1.57 bits per heavy atom. The van der Waals surface area contributed by atoms with Crippen molar-refractivity contribution in [2.45, 2.75) is 31.3 Å². The minimum absolute atomic E-state index is 0.0247. The molecule has 1 aromatic heterocycles. The van der Waals surface area contributed by atoms with Crippen LogP contribution in [0, 0.1) is 5.82 Å². The summed E-state index contributed by atoms with van der Waals surface area (Å²) in [6.07, 6.45) is -4.67. The lowest BCUT2D eigenvalue weighted by Crippen LogP contribution is -2.43. The number of nitrogens with two attached hydrogens (primary N) is 1. The topological polar surface area (TPSA) is 110 Å². The summed E-state index contributed by atoms with van der Waals surface area (Å²) in [5.41, 5.74) is 6.30. The molecular formula is C29H23F4N7O2. The highest BCUT2D eigenvalue weighted by Gasteiger charge is 2.50. The van der Waals surface area contributed by atoms with Gasteiger partial charge in [-0.05, 0) is 34.9 Å². The van der Waals surface area contributed by atoms with Crippen molar-refractivity contribution >= 4 is 17.8 Å². The first kappa shape index (κ1) is 27.1. The summed E-state index contributed by atoms with van der Waals surface area (Å²) >= 11 is 0. The number of fused-ring (bicyclic) bond motifs is 1. The Labute approximate surface area is 236 Å². The van der Waals surface area contributed by atoms with Gasteiger partial charge in [-0.25, -0.2) is 9.38 Å². The van der Waals surface area contributed by atoms with Crippen molar-refractivity contribution in [3.05, 3.63) is 119 Å². The molecule has 2 N–H and O–H groups in total. The third kappa shape index (κ3) is 4.56. The summed E-state index contributed by atoms with van der Waals surface area (Å²) in [4.78, 5) is 34.5. The number of benzene rings is 3. The fraction of sp³-hybridized carbons (Fsp3) is 0.207. The first-order valence-electron chi connectivity index (χ1n) is 12.9. The van der Waals surface area contributed by atoms with Crippen LogP contribution >= 0.6 is 0 Å². The summed E-state index contributed by atoms with van der Waals surface area (Å²) in [5, 5.41) is 6.81. The summed E-state index contributed by atoms with van der Waals surface area (Å²) in [6.45, 7) is -0.618. The van der Waals surface area contributed by atoms with Gasteiger partial charge in [0.15, 0.2) is 17.3 Å². The fourth-order valence-electron chi connectivity index (χ4n) is 5.40. The van der Waals surface area contributed by atoms with Crippen LogP contribution in [0.3, 0.4) is 0 Å². The van der Waals surface area contributed by atoms with E-state index in [1.165, 1.54) is 21.9 Å². The number of carbonyl (C=O) groups is 2. The van der Waals surface area contributed by atoms with E-state index in [0.29, 0.717) is 11.1 Å². The van der Waals surface area contributed by atoms with E-state index in [9.17, 15) is 27.2 Å². The third-order valence-electron chi connectivity index (χ3n) is 7.34. The van der Waals surface area contributed by atoms with Gasteiger partial charge in [0.25, 0.3) is 11.8 Å². The van der Waals surface area contributed by atoms with Crippen LogP contribution in [0.2, 0.25) is 0 Å². The Kier molecular flexibility index (Phi) is 6.51. The van der Waals surface area contributed by atoms with E-state index < -0.39 is 35.2 Å². The number of aliphatic imine (C=N–C) groups is 1. The summed E-state index contributed by atoms with van der Waals surface area (Å²) in [6, 6.07) is 21.6. The standard InChI is InChI=1S/C29H23F4N7O2/c30-22-14-18(13-19(15-22)24(41)38-11-12-39-23(17-38)36-37-25(39)29(31,32)33)16-40-26(42)28(35-27(40)34,20-7-3-1-4-8-20)21-9-5-2-6-10-21/h1-10,13-15H,11-12,16-17H2,(H2,34,35). The second-order valence-electron chi connectivity index (χ2n) is 9.97. The summed E-state index contributed by atoms with van der Waals surface area (Å²) in [7, 11) is 0. The molecule has 0 unspecified atom stereocenters. The number of hydrogen-bond acceptors (Lipinski definition) is 6. The Bertz CT molecular complexity index is 1660. The monoisotopic (exact) mass is 577 g/mol. The van der Waals surface area contributed by atoms with Crippen LogP contribution in [0.25, 0.3) is 0 Å². The maximum Gasteiger partial charge on any atom is 0.451 e. The molecule has 42 heavy (non-hydrogen) atoms. The van der Waals surface area contributed by atoms with Crippen molar-refractivity contribution in [3.63, 3.8) is 0 Å². The lowest BCUT2D eigenvalue weighted by molar-refractivity contribution is -0.147. The minimum atomic E-state index is -4.67. The second kappa shape index (κ2) is 10.1. The molecule has 3 aromatic carbocycles. The van der Waals surface area contributed by atoms with Crippen molar-refractivity contribution in [2.24, 2.45) is 10.7 Å². The van der Waals surface area contributed by atoms with Crippen LogP contribution in [0.5, 0.6) is 0 Å². The number of halogens is 4. The van der Waals surface area contributed by atoms with Crippen LogP contribution < -0.4 is 5.73 Å². The second-order valence-corrected chi connectivity index (χ2v) is 9.97. The van der Waals surface area contributed by atoms with Crippen LogP contribution in [0.4, 0.5) is 17.6 Å². The maximum atomic E-state index is 14.8. The SMILES string of the molecule is NC1=NC(c2ccccc2)(c2ccccc2)C(=O)N1Cc1cc(F)cc(C(=O)N2CCn3c(nnc3C(F)(F)F)C2)c1. The number of hydrogen-bond donors (Lipinski definition) is 1. The zero-order valence-electron chi connectivity index (χ0n) is 21.9. The van der Waals surface area contributed by atoms with Gasteiger partial charge in [-0.3, -0.25) is 14.5 Å². The summed E-state index contributed by atoms with van der Waals surface area (Å²) in [5.74, 6) is -2.99. The maximum absolute atomic E-state index is 14.8. The quantitative estimate of drug-likeness (QED) is 0.364. The lowest BCUT2D eigenvalue weighted by Gasteiger charge is -2.28. The molecule has 2 aliphatic heterocycles. The number of rotatable bonds is 5. The van der Waals surface area contributed by atoms with E-state index >= 15 is 0 Å². The molecule has 0 spiro atoms. The molecule has 0 atom stereocenters. The van der Waals surface area contributed by atoms with Crippen molar-refractivity contribution in [1.82, 2.24) is 24.6 Å². The van der Waals surface area contributed by atoms with E-state index in [1.807, 2.05) is 12.1 Å². The molecule has 13 heteroatoms. The molecule has 0 aliphatic carbocycles. The predicted octanol–water partition coefficient (Wildman–Crippen LogP) is 3.69. The molecule has 9 nitrogen and oxygen atoms in total. The number of nitrogens with zero attached hydrogens (tertiary/aromatic N) is 6. The average molecular weight is 578 g/mol. The van der Waals surface area contributed by atoms with Gasteiger partial charge in [-0.2, -0.15) is 13.2 Å². The van der Waals surface area contributed by atoms with Gasteiger partial charge in [0.2, 0.25) is 5.82 Å². The number of carbonyl (C=O) groups excluding carboxylic acids is 2. The van der Waals surface area contributed by atoms with Crippen molar-refractivity contribution in [1.29, 1.82) is 0 Å². The van der Waals surface area contributed by atoms with Gasteiger partial charge in [0.1, 0.15) is 5.82 Å². The lowest BCUT2D eigenvalue weighted by atomic mass is 9.83. The number of amides is 2. The van der Waals surface area contributed by atoms with Gasteiger partial charge in [-0.15, -0.1) is 10.2 Å². The molecule has 3 heterocycles. The molecule has 0 bridgehead atoms. The highest BCUT2D eigenvalue weighted by molar-refractivity contribution is 6.09. The van der Waals surface area contributed by atoms with Gasteiger partial charge in [-0.1, -0.05) is 60.7 Å². The van der Waals surface area contributed by atoms with Gasteiger partial charge >= 0.3 is 6.18 Å². The van der Waals surface area contributed by atoms with E-state index in [1.54, 1.807) is 48.5 Å². The van der Waals surface area contributed by atoms with Crippen molar-refractivity contribution < 1.29 is 27.2 Å². The summed E-state index contributed by atoms with van der Waals surface area (Å²) < 4.78 is 55.3. The zero-order chi connectivity index (χ0) is 29.6. The van der Waals surface area contributed by atoms with Crippen LogP contribution in [0.1, 0.15) is 38.7 Å². The van der Waals surface area contributed by atoms with E-state index in [0.717, 1.165) is 10.6 Å². The zero-order valence-corrected chi connectivity index (χ0v) is 21.9. The van der Waals surface area contributed by atoms with Crippen molar-refractivity contribution in [2.75, 3.05) is 6.54 Å². The average Bonchev–Trinajstić information content (AvgIpc) is 3.52. The largest absolute Gasteiger partial charge is 0.451 e. The Morgan fingerprint density at radius 1 is 0.929 bits per heavy atom. The number of alkyl halides is 3. The van der Waals surface area contributed by atoms with Gasteiger partial charge in [0, 0.05) is 18.7 Å².